The van der Waals surface area contributed by atoms with E-state index in [9.17, 15) is 5.11 Å². The maximum atomic E-state index is 9.56. The van der Waals surface area contributed by atoms with Crippen LogP contribution in [0.5, 0.6) is 5.75 Å². The predicted molar refractivity (Wildman–Crippen MR) is 56.6 cm³/mol. The Bertz CT molecular complexity index is 441. The minimum Gasteiger partial charge on any atom is -0.507 e. The highest BCUT2D eigenvalue weighted by molar-refractivity contribution is 7.18. The maximum Gasteiger partial charge on any atom is 0.205 e. The van der Waals surface area contributed by atoms with Crippen LogP contribution in [0.15, 0.2) is 24.3 Å². The molecule has 0 unspecified atom stereocenters. The molecule has 1 aromatic carbocycles. The zero-order valence-corrected chi connectivity index (χ0v) is 8.38. The normalized spacial score (nSPS) is 10.1. The lowest BCUT2D eigenvalue weighted by atomic mass is 10.2. The van der Waals surface area contributed by atoms with Crippen LogP contribution in [0.4, 0.5) is 5.13 Å². The molecule has 0 bridgehead atoms. The summed E-state index contributed by atoms with van der Waals surface area (Å²) in [5.41, 5.74) is 0.714. The first-order chi connectivity index (χ1) is 6.81. The molecule has 0 saturated heterocycles. The Labute approximate surface area is 85.2 Å². The van der Waals surface area contributed by atoms with Gasteiger partial charge in [0, 0.05) is 7.05 Å². The molecule has 0 atom stereocenters. The molecule has 2 rings (SSSR count). The zero-order chi connectivity index (χ0) is 9.97. The molecule has 0 amide bonds. The van der Waals surface area contributed by atoms with Crippen molar-refractivity contribution in [3.63, 3.8) is 0 Å². The quantitative estimate of drug-likeness (QED) is 0.790. The van der Waals surface area contributed by atoms with Crippen molar-refractivity contribution in [3.05, 3.63) is 24.3 Å². The highest BCUT2D eigenvalue weighted by Crippen LogP contribution is 2.32. The molecular weight excluding hydrogens is 198 g/mol. The third-order valence-electron chi connectivity index (χ3n) is 1.77. The van der Waals surface area contributed by atoms with Gasteiger partial charge in [0.1, 0.15) is 5.75 Å². The van der Waals surface area contributed by atoms with Gasteiger partial charge in [0.25, 0.3) is 0 Å². The second-order valence-corrected chi connectivity index (χ2v) is 3.66. The number of anilines is 1. The van der Waals surface area contributed by atoms with Crippen LogP contribution in [0.2, 0.25) is 0 Å². The number of aromatic nitrogens is 2. The molecule has 0 aliphatic rings. The van der Waals surface area contributed by atoms with Crippen LogP contribution >= 0.6 is 11.3 Å². The summed E-state index contributed by atoms with van der Waals surface area (Å²) >= 11 is 1.41. The summed E-state index contributed by atoms with van der Waals surface area (Å²) in [7, 11) is 1.79. The first kappa shape index (κ1) is 8.96. The molecule has 2 aromatic rings. The highest BCUT2D eigenvalue weighted by Gasteiger charge is 2.08. The summed E-state index contributed by atoms with van der Waals surface area (Å²) in [6.45, 7) is 0. The topological polar surface area (TPSA) is 58.0 Å². The van der Waals surface area contributed by atoms with Crippen LogP contribution in [-0.4, -0.2) is 22.4 Å². The SMILES string of the molecule is CNc1nnc(-c2ccccc2O)s1. The van der Waals surface area contributed by atoms with Crippen molar-refractivity contribution in [3.8, 4) is 16.3 Å². The molecular formula is C9H9N3OS. The fraction of sp³-hybridized carbons (Fsp3) is 0.111. The number of rotatable bonds is 2. The summed E-state index contributed by atoms with van der Waals surface area (Å²) in [6, 6.07) is 7.08. The minimum absolute atomic E-state index is 0.228. The molecule has 4 nitrogen and oxygen atoms in total. The van der Waals surface area contributed by atoms with Crippen molar-refractivity contribution in [1.82, 2.24) is 10.2 Å². The molecule has 0 aliphatic carbocycles. The first-order valence-corrected chi connectivity index (χ1v) is 4.92. The predicted octanol–water partition coefficient (Wildman–Crippen LogP) is 1.95. The summed E-state index contributed by atoms with van der Waals surface area (Å²) in [4.78, 5) is 0. The third-order valence-corrected chi connectivity index (χ3v) is 2.75. The number of aromatic hydroxyl groups is 1. The molecule has 5 heteroatoms. The number of hydrogen-bond donors (Lipinski definition) is 2. The van der Waals surface area contributed by atoms with Crippen molar-refractivity contribution in [2.75, 3.05) is 12.4 Å². The zero-order valence-electron chi connectivity index (χ0n) is 7.56. The summed E-state index contributed by atoms with van der Waals surface area (Å²) in [6.07, 6.45) is 0. The maximum absolute atomic E-state index is 9.56. The monoisotopic (exact) mass is 207 g/mol. The summed E-state index contributed by atoms with van der Waals surface area (Å²) in [5, 5.41) is 21.8. The average molecular weight is 207 g/mol. The standard InChI is InChI=1S/C9H9N3OS/c1-10-9-12-11-8(14-9)6-4-2-3-5-7(6)13/h2-5,13H,1H3,(H,10,12). The van der Waals surface area contributed by atoms with Gasteiger partial charge in [0.2, 0.25) is 5.13 Å². The molecule has 2 N–H and O–H groups in total. The van der Waals surface area contributed by atoms with Crippen LogP contribution in [0.25, 0.3) is 10.6 Å². The van der Waals surface area contributed by atoms with E-state index >= 15 is 0 Å². The number of nitrogens with zero attached hydrogens (tertiary/aromatic N) is 2. The summed E-state index contributed by atoms with van der Waals surface area (Å²) < 4.78 is 0. The fourth-order valence-electron chi connectivity index (χ4n) is 1.09. The molecule has 0 saturated carbocycles. The first-order valence-electron chi connectivity index (χ1n) is 4.11. The minimum atomic E-state index is 0.228. The van der Waals surface area contributed by atoms with Gasteiger partial charge in [-0.05, 0) is 12.1 Å². The van der Waals surface area contributed by atoms with Gasteiger partial charge in [0.05, 0.1) is 5.56 Å². The van der Waals surface area contributed by atoms with E-state index in [0.29, 0.717) is 10.6 Å². The molecule has 0 spiro atoms. The number of phenolic OH excluding ortho intramolecular Hbond substituents is 1. The van der Waals surface area contributed by atoms with Gasteiger partial charge >= 0.3 is 0 Å². The third kappa shape index (κ3) is 1.54. The number of benzene rings is 1. The lowest BCUT2D eigenvalue weighted by molar-refractivity contribution is 0.477. The Morgan fingerprint density at radius 1 is 1.29 bits per heavy atom. The molecule has 1 heterocycles. The summed E-state index contributed by atoms with van der Waals surface area (Å²) in [5.74, 6) is 0.228. The van der Waals surface area contributed by atoms with E-state index in [1.54, 1.807) is 19.2 Å². The molecule has 14 heavy (non-hydrogen) atoms. The van der Waals surface area contributed by atoms with Crippen LogP contribution in [0.1, 0.15) is 0 Å². The van der Waals surface area contributed by atoms with E-state index < -0.39 is 0 Å². The van der Waals surface area contributed by atoms with Gasteiger partial charge in [-0.3, -0.25) is 0 Å². The lowest BCUT2D eigenvalue weighted by Crippen LogP contribution is -1.84. The van der Waals surface area contributed by atoms with Crippen LogP contribution in [0, 0.1) is 0 Å². The van der Waals surface area contributed by atoms with Gasteiger partial charge in [-0.1, -0.05) is 23.5 Å². The van der Waals surface area contributed by atoms with Crippen molar-refractivity contribution < 1.29 is 5.11 Å². The van der Waals surface area contributed by atoms with E-state index in [-0.39, 0.29) is 5.75 Å². The Morgan fingerprint density at radius 3 is 2.71 bits per heavy atom. The van der Waals surface area contributed by atoms with E-state index in [2.05, 4.69) is 15.5 Å². The van der Waals surface area contributed by atoms with E-state index in [1.807, 2.05) is 12.1 Å². The lowest BCUT2D eigenvalue weighted by Gasteiger charge is -1.97. The van der Waals surface area contributed by atoms with E-state index in [0.717, 1.165) is 5.13 Å². The van der Waals surface area contributed by atoms with Crippen molar-refractivity contribution in [1.29, 1.82) is 0 Å². The molecule has 0 aliphatic heterocycles. The molecule has 0 fully saturated rings. The van der Waals surface area contributed by atoms with Crippen LogP contribution < -0.4 is 5.32 Å². The number of para-hydroxylation sites is 1. The Morgan fingerprint density at radius 2 is 2.07 bits per heavy atom. The average Bonchev–Trinajstić information content (AvgIpc) is 2.67. The van der Waals surface area contributed by atoms with Crippen molar-refractivity contribution in [2.45, 2.75) is 0 Å². The van der Waals surface area contributed by atoms with Gasteiger partial charge < -0.3 is 10.4 Å². The van der Waals surface area contributed by atoms with Crippen molar-refractivity contribution >= 4 is 16.5 Å². The van der Waals surface area contributed by atoms with Gasteiger partial charge in [-0.15, -0.1) is 10.2 Å². The fourth-order valence-corrected chi connectivity index (χ4v) is 1.82. The molecule has 72 valence electrons. The Balaban J connectivity index is 2.44. The number of nitrogens with one attached hydrogen (secondary N) is 1. The smallest absolute Gasteiger partial charge is 0.205 e. The highest BCUT2D eigenvalue weighted by atomic mass is 32.1. The second-order valence-electron chi connectivity index (χ2n) is 2.68. The Kier molecular flexibility index (Phi) is 2.32. The van der Waals surface area contributed by atoms with Gasteiger partial charge in [-0.25, -0.2) is 0 Å². The van der Waals surface area contributed by atoms with Crippen LogP contribution in [0.3, 0.4) is 0 Å². The Hall–Kier alpha value is -1.62. The van der Waals surface area contributed by atoms with E-state index in [1.165, 1.54) is 11.3 Å². The molecule has 1 aromatic heterocycles. The largest absolute Gasteiger partial charge is 0.507 e. The van der Waals surface area contributed by atoms with Crippen molar-refractivity contribution in [2.24, 2.45) is 0 Å². The second kappa shape index (κ2) is 3.63. The van der Waals surface area contributed by atoms with Gasteiger partial charge in [-0.2, -0.15) is 0 Å². The van der Waals surface area contributed by atoms with Gasteiger partial charge in [0.15, 0.2) is 5.01 Å². The van der Waals surface area contributed by atoms with E-state index in [4.69, 9.17) is 0 Å². The number of phenols is 1. The molecule has 0 radical (unpaired) electrons. The van der Waals surface area contributed by atoms with Crippen LogP contribution in [-0.2, 0) is 0 Å². The number of hydrogen-bond acceptors (Lipinski definition) is 5.